The Hall–Kier alpha value is -0.990. The molecule has 2 N–H and O–H groups in total. The van der Waals surface area contributed by atoms with Crippen molar-refractivity contribution in [2.45, 2.75) is 6.92 Å². The molecule has 0 unspecified atom stereocenters. The van der Waals surface area contributed by atoms with Gasteiger partial charge in [0.25, 0.3) is 0 Å². The molecule has 0 atom stereocenters. The van der Waals surface area contributed by atoms with Gasteiger partial charge in [0.1, 0.15) is 5.84 Å². The van der Waals surface area contributed by atoms with E-state index in [9.17, 15) is 0 Å². The van der Waals surface area contributed by atoms with Crippen LogP contribution < -0.4 is 0 Å². The van der Waals surface area contributed by atoms with Crippen molar-refractivity contribution in [3.8, 4) is 0 Å². The first-order valence-corrected chi connectivity index (χ1v) is 2.67. The Labute approximate surface area is 55.1 Å². The zero-order chi connectivity index (χ0) is 7.44. The van der Waals surface area contributed by atoms with Crippen molar-refractivity contribution in [3.05, 3.63) is 11.8 Å². The first-order valence-electron chi connectivity index (χ1n) is 2.67. The van der Waals surface area contributed by atoms with Gasteiger partial charge in [0.15, 0.2) is 0 Å². The second-order valence-corrected chi connectivity index (χ2v) is 2.07. The Kier molecular flexibility index (Phi) is 2.78. The highest BCUT2D eigenvalue weighted by atomic mass is 16.3. The second kappa shape index (κ2) is 3.12. The van der Waals surface area contributed by atoms with Gasteiger partial charge in [-0.2, -0.15) is 0 Å². The molecular formula is C6H12N2O. The minimum absolute atomic E-state index is 0.161. The van der Waals surface area contributed by atoms with Gasteiger partial charge >= 0.3 is 0 Å². The first-order chi connectivity index (χ1) is 4.04. The minimum atomic E-state index is 0.161. The Morgan fingerprint density at radius 3 is 2.11 bits per heavy atom. The Balaban J connectivity index is 3.93. The second-order valence-electron chi connectivity index (χ2n) is 2.07. The van der Waals surface area contributed by atoms with Crippen molar-refractivity contribution in [2.24, 2.45) is 0 Å². The van der Waals surface area contributed by atoms with Crippen LogP contribution in [-0.2, 0) is 0 Å². The summed E-state index contributed by atoms with van der Waals surface area (Å²) >= 11 is 0. The molecule has 0 aliphatic carbocycles. The molecule has 0 spiro atoms. The van der Waals surface area contributed by atoms with E-state index in [1.54, 1.807) is 19.0 Å². The molecule has 0 saturated carbocycles. The number of aliphatic hydroxyl groups is 1. The molecule has 0 aliphatic heterocycles. The van der Waals surface area contributed by atoms with Crippen molar-refractivity contribution < 1.29 is 5.11 Å². The zero-order valence-corrected chi connectivity index (χ0v) is 5.97. The number of amidine groups is 1. The van der Waals surface area contributed by atoms with Crippen LogP contribution >= 0.6 is 0 Å². The Bertz CT molecular complexity index is 134. The molecule has 0 amide bonds. The maximum atomic E-state index is 8.67. The van der Waals surface area contributed by atoms with Crippen molar-refractivity contribution in [2.75, 3.05) is 14.1 Å². The average Bonchev–Trinajstić information content (AvgIpc) is 1.63. The molecule has 0 aliphatic rings. The fraction of sp³-hybridized carbons (Fsp3) is 0.500. The zero-order valence-electron chi connectivity index (χ0n) is 5.97. The van der Waals surface area contributed by atoms with Crippen molar-refractivity contribution in [1.82, 2.24) is 4.90 Å². The third-order valence-electron chi connectivity index (χ3n) is 0.827. The van der Waals surface area contributed by atoms with Gasteiger partial charge in [0.05, 0.1) is 5.76 Å². The Morgan fingerprint density at radius 2 is 2.00 bits per heavy atom. The molecule has 0 bridgehead atoms. The predicted molar refractivity (Wildman–Crippen MR) is 37.8 cm³/mol. The number of nitrogens with one attached hydrogen (secondary N) is 1. The highest BCUT2D eigenvalue weighted by molar-refractivity contribution is 5.89. The van der Waals surface area contributed by atoms with Crippen LogP contribution in [-0.4, -0.2) is 29.9 Å². The standard InChI is InChI=1S/C6H12N2O/c1-5(9)4-6(7)8(2)3/h4,7,9H,1-3H3/b5-4+,7-6?. The summed E-state index contributed by atoms with van der Waals surface area (Å²) in [7, 11) is 3.50. The number of hydrogen-bond acceptors (Lipinski definition) is 2. The van der Waals surface area contributed by atoms with Gasteiger partial charge in [-0.15, -0.1) is 0 Å². The third-order valence-corrected chi connectivity index (χ3v) is 0.827. The molecule has 52 valence electrons. The molecule has 3 heteroatoms. The molecule has 0 fully saturated rings. The molecule has 0 rings (SSSR count). The number of nitrogens with zero attached hydrogens (tertiary/aromatic N) is 1. The largest absolute Gasteiger partial charge is 0.512 e. The van der Waals surface area contributed by atoms with Crippen LogP contribution in [0.5, 0.6) is 0 Å². The number of hydrogen-bond donors (Lipinski definition) is 2. The van der Waals surface area contributed by atoms with E-state index in [2.05, 4.69) is 0 Å². The maximum absolute atomic E-state index is 8.67. The van der Waals surface area contributed by atoms with Gasteiger partial charge in [0.2, 0.25) is 0 Å². The summed E-state index contributed by atoms with van der Waals surface area (Å²) in [5, 5.41) is 15.8. The van der Waals surface area contributed by atoms with Crippen LogP contribution in [0, 0.1) is 5.41 Å². The molecule has 0 aromatic rings. The van der Waals surface area contributed by atoms with Gasteiger partial charge in [-0.05, 0) is 6.92 Å². The summed E-state index contributed by atoms with van der Waals surface area (Å²) in [4.78, 5) is 1.61. The van der Waals surface area contributed by atoms with Crippen LogP contribution in [0.3, 0.4) is 0 Å². The molecule has 0 heterocycles. The van der Waals surface area contributed by atoms with Crippen LogP contribution in [0.1, 0.15) is 6.92 Å². The molecule has 3 nitrogen and oxygen atoms in total. The van der Waals surface area contributed by atoms with Gasteiger partial charge in [0, 0.05) is 20.2 Å². The van der Waals surface area contributed by atoms with Crippen LogP contribution in [0.15, 0.2) is 11.8 Å². The SMILES string of the molecule is C/C(O)=C\C(=N)N(C)C. The summed E-state index contributed by atoms with van der Waals surface area (Å²) in [5.41, 5.74) is 0. The first kappa shape index (κ1) is 8.01. The predicted octanol–water partition coefficient (Wildman–Crippen LogP) is 0.987. The summed E-state index contributed by atoms with van der Waals surface area (Å²) in [6.45, 7) is 1.54. The maximum Gasteiger partial charge on any atom is 0.123 e. The van der Waals surface area contributed by atoms with E-state index >= 15 is 0 Å². The van der Waals surface area contributed by atoms with Crippen molar-refractivity contribution >= 4 is 5.84 Å². The van der Waals surface area contributed by atoms with Crippen molar-refractivity contribution in [3.63, 3.8) is 0 Å². The summed E-state index contributed by atoms with van der Waals surface area (Å²) in [6, 6.07) is 0. The highest BCUT2D eigenvalue weighted by Crippen LogP contribution is 1.87. The minimum Gasteiger partial charge on any atom is -0.512 e. The molecular weight excluding hydrogens is 116 g/mol. The number of rotatable bonds is 1. The van der Waals surface area contributed by atoms with E-state index in [1.807, 2.05) is 0 Å². The molecule has 0 aromatic carbocycles. The normalized spacial score (nSPS) is 11.2. The van der Waals surface area contributed by atoms with Crippen LogP contribution in [0.25, 0.3) is 0 Å². The lowest BCUT2D eigenvalue weighted by Gasteiger charge is -2.08. The van der Waals surface area contributed by atoms with E-state index in [1.165, 1.54) is 13.0 Å². The number of likely N-dealkylation sites (N-methyl/N-ethyl adjacent to an activating group) is 1. The Morgan fingerprint density at radius 1 is 1.56 bits per heavy atom. The van der Waals surface area contributed by atoms with E-state index in [-0.39, 0.29) is 5.76 Å². The van der Waals surface area contributed by atoms with Crippen LogP contribution in [0.4, 0.5) is 0 Å². The topological polar surface area (TPSA) is 47.3 Å². The lowest BCUT2D eigenvalue weighted by molar-refractivity contribution is 0.414. The lowest BCUT2D eigenvalue weighted by atomic mass is 10.4. The molecule has 0 aromatic heterocycles. The van der Waals surface area contributed by atoms with Gasteiger partial charge < -0.3 is 10.0 Å². The van der Waals surface area contributed by atoms with Gasteiger partial charge in [-0.3, -0.25) is 5.41 Å². The lowest BCUT2D eigenvalue weighted by Crippen LogP contribution is -2.18. The molecule has 0 saturated heterocycles. The third kappa shape index (κ3) is 3.58. The van der Waals surface area contributed by atoms with Gasteiger partial charge in [-0.25, -0.2) is 0 Å². The number of allylic oxidation sites excluding steroid dienone is 1. The van der Waals surface area contributed by atoms with E-state index in [4.69, 9.17) is 10.5 Å². The average molecular weight is 128 g/mol. The number of aliphatic hydroxyl groups excluding tert-OH is 1. The van der Waals surface area contributed by atoms with Gasteiger partial charge in [-0.1, -0.05) is 0 Å². The summed E-state index contributed by atoms with van der Waals surface area (Å²) in [5.74, 6) is 0.462. The molecule has 9 heavy (non-hydrogen) atoms. The quantitative estimate of drug-likeness (QED) is 0.314. The van der Waals surface area contributed by atoms with E-state index in [0.717, 1.165) is 0 Å². The van der Waals surface area contributed by atoms with Crippen LogP contribution in [0.2, 0.25) is 0 Å². The fourth-order valence-corrected chi connectivity index (χ4v) is 0.327. The van der Waals surface area contributed by atoms with Crippen molar-refractivity contribution in [1.29, 1.82) is 5.41 Å². The monoisotopic (exact) mass is 128 g/mol. The highest BCUT2D eigenvalue weighted by Gasteiger charge is 1.92. The molecule has 0 radical (unpaired) electrons. The summed E-state index contributed by atoms with van der Waals surface area (Å²) in [6.07, 6.45) is 1.39. The van der Waals surface area contributed by atoms with E-state index in [0.29, 0.717) is 5.84 Å². The summed E-state index contributed by atoms with van der Waals surface area (Å²) < 4.78 is 0. The van der Waals surface area contributed by atoms with E-state index < -0.39 is 0 Å². The smallest absolute Gasteiger partial charge is 0.123 e. The fourth-order valence-electron chi connectivity index (χ4n) is 0.327.